The number of benzene rings is 1. The van der Waals surface area contributed by atoms with Crippen molar-refractivity contribution in [3.05, 3.63) is 60.4 Å². The summed E-state index contributed by atoms with van der Waals surface area (Å²) in [6.45, 7) is 1.78. The van der Waals surface area contributed by atoms with E-state index in [2.05, 4.69) is 15.1 Å². The van der Waals surface area contributed by atoms with Crippen LogP contribution in [0, 0.1) is 0 Å². The highest BCUT2D eigenvalue weighted by Crippen LogP contribution is 2.33. The highest BCUT2D eigenvalue weighted by molar-refractivity contribution is 5.26. The second kappa shape index (κ2) is 6.49. The molecule has 0 N–H and O–H groups in total. The Morgan fingerprint density at radius 1 is 1.21 bits per heavy atom. The molecule has 6 heteroatoms. The smallest absolute Gasteiger partial charge is 0.290 e. The van der Waals surface area contributed by atoms with E-state index in [9.17, 15) is 0 Å². The van der Waals surface area contributed by atoms with Gasteiger partial charge in [-0.3, -0.25) is 4.90 Å². The number of para-hydroxylation sites is 1. The number of rotatable bonds is 5. The van der Waals surface area contributed by atoms with Gasteiger partial charge in [0.2, 0.25) is 0 Å². The van der Waals surface area contributed by atoms with E-state index >= 15 is 0 Å². The first-order chi connectivity index (χ1) is 11.8. The van der Waals surface area contributed by atoms with Gasteiger partial charge in [0.15, 0.2) is 0 Å². The molecule has 3 aromatic rings. The van der Waals surface area contributed by atoms with E-state index in [1.807, 2.05) is 54.1 Å². The fourth-order valence-electron chi connectivity index (χ4n) is 3.20. The minimum atomic E-state index is 0.293. The number of aryl methyl sites for hydroxylation is 1. The molecule has 1 aliphatic heterocycles. The second-order valence-electron chi connectivity index (χ2n) is 6.06. The molecular formula is C18H20N4O2. The molecule has 3 heterocycles. The first-order valence-electron chi connectivity index (χ1n) is 8.19. The number of furan rings is 1. The molecule has 124 valence electrons. The molecule has 24 heavy (non-hydrogen) atoms. The van der Waals surface area contributed by atoms with Crippen molar-refractivity contribution in [1.29, 1.82) is 0 Å². The third-order valence-electron chi connectivity index (χ3n) is 4.37. The molecular weight excluding hydrogens is 304 g/mol. The van der Waals surface area contributed by atoms with Crippen LogP contribution in [-0.2, 0) is 13.6 Å². The molecule has 0 aliphatic carbocycles. The summed E-state index contributed by atoms with van der Waals surface area (Å²) in [5.41, 5.74) is 0. The predicted octanol–water partition coefficient (Wildman–Crippen LogP) is 3.54. The second-order valence-corrected chi connectivity index (χ2v) is 6.06. The van der Waals surface area contributed by atoms with Gasteiger partial charge in [-0.1, -0.05) is 18.2 Å². The quantitative estimate of drug-likeness (QED) is 0.718. The summed E-state index contributed by atoms with van der Waals surface area (Å²) in [4.78, 5) is 2.38. The molecule has 0 amide bonds. The molecule has 1 aromatic carbocycles. The lowest BCUT2D eigenvalue weighted by atomic mass is 10.2. The van der Waals surface area contributed by atoms with Crippen molar-refractivity contribution in [2.24, 2.45) is 7.05 Å². The van der Waals surface area contributed by atoms with Crippen LogP contribution in [0.1, 0.15) is 30.5 Å². The van der Waals surface area contributed by atoms with Gasteiger partial charge in [-0.25, -0.2) is 0 Å². The predicted molar refractivity (Wildman–Crippen MR) is 88.6 cm³/mol. The van der Waals surface area contributed by atoms with E-state index in [0.29, 0.717) is 12.0 Å². The monoisotopic (exact) mass is 324 g/mol. The zero-order chi connectivity index (χ0) is 16.4. The Hall–Kier alpha value is -2.60. The summed E-state index contributed by atoms with van der Waals surface area (Å²) in [5.74, 6) is 3.21. The van der Waals surface area contributed by atoms with Gasteiger partial charge in [0.1, 0.15) is 23.7 Å². The van der Waals surface area contributed by atoms with Gasteiger partial charge in [-0.2, -0.15) is 0 Å². The van der Waals surface area contributed by atoms with E-state index in [-0.39, 0.29) is 0 Å². The van der Waals surface area contributed by atoms with Gasteiger partial charge in [0, 0.05) is 13.1 Å². The van der Waals surface area contributed by atoms with Crippen molar-refractivity contribution in [2.45, 2.75) is 25.4 Å². The highest BCUT2D eigenvalue weighted by Gasteiger charge is 2.30. The van der Waals surface area contributed by atoms with Crippen molar-refractivity contribution < 1.29 is 9.15 Å². The number of nitrogens with zero attached hydrogens (tertiary/aromatic N) is 4. The lowest BCUT2D eigenvalue weighted by Crippen LogP contribution is -2.24. The maximum Gasteiger partial charge on any atom is 0.290 e. The number of hydrogen-bond donors (Lipinski definition) is 0. The molecule has 1 atom stereocenters. The topological polar surface area (TPSA) is 56.3 Å². The van der Waals surface area contributed by atoms with Crippen molar-refractivity contribution in [1.82, 2.24) is 19.7 Å². The third-order valence-corrected chi connectivity index (χ3v) is 4.37. The van der Waals surface area contributed by atoms with Crippen LogP contribution in [0.3, 0.4) is 0 Å². The summed E-state index contributed by atoms with van der Waals surface area (Å²) in [6, 6.07) is 13.8. The molecule has 0 bridgehead atoms. The summed E-state index contributed by atoms with van der Waals surface area (Å²) < 4.78 is 13.6. The molecule has 0 radical (unpaired) electrons. The van der Waals surface area contributed by atoms with Crippen LogP contribution in [0.4, 0.5) is 0 Å². The summed E-state index contributed by atoms with van der Waals surface area (Å²) in [7, 11) is 1.99. The molecule has 1 aliphatic rings. The number of aromatic nitrogens is 3. The molecule has 1 saturated heterocycles. The Morgan fingerprint density at radius 2 is 2.08 bits per heavy atom. The van der Waals surface area contributed by atoms with Crippen molar-refractivity contribution in [3.8, 4) is 11.7 Å². The van der Waals surface area contributed by atoms with Crippen molar-refractivity contribution >= 4 is 0 Å². The van der Waals surface area contributed by atoms with Crippen LogP contribution in [0.5, 0.6) is 11.7 Å². The number of ether oxygens (including phenoxy) is 1. The van der Waals surface area contributed by atoms with Gasteiger partial charge in [0.05, 0.1) is 12.6 Å². The van der Waals surface area contributed by atoms with Crippen LogP contribution >= 0.6 is 0 Å². The molecule has 4 rings (SSSR count). The van der Waals surface area contributed by atoms with Gasteiger partial charge in [0.25, 0.3) is 5.95 Å². The summed E-state index contributed by atoms with van der Waals surface area (Å²) in [6.07, 6.45) is 4.01. The zero-order valence-electron chi connectivity index (χ0n) is 13.6. The van der Waals surface area contributed by atoms with Gasteiger partial charge in [-0.05, 0) is 37.6 Å². The van der Waals surface area contributed by atoms with E-state index < -0.39 is 0 Å². The zero-order valence-corrected chi connectivity index (χ0v) is 13.6. The minimum Gasteiger partial charge on any atom is -0.429 e. The molecule has 1 fully saturated rings. The van der Waals surface area contributed by atoms with Crippen LogP contribution < -0.4 is 4.74 Å². The SMILES string of the molecule is Cn1cnnc1[C@H]1CCCN1Cc1ccc(Oc2ccccc2)o1. The Balaban J connectivity index is 1.45. The summed E-state index contributed by atoms with van der Waals surface area (Å²) >= 11 is 0. The Bertz CT molecular complexity index is 796. The molecule has 2 aromatic heterocycles. The van der Waals surface area contributed by atoms with E-state index in [0.717, 1.165) is 43.3 Å². The fourth-order valence-corrected chi connectivity index (χ4v) is 3.20. The maximum absolute atomic E-state index is 5.84. The summed E-state index contributed by atoms with van der Waals surface area (Å²) in [5, 5.41) is 8.27. The highest BCUT2D eigenvalue weighted by atomic mass is 16.6. The standard InChI is InChI=1S/C18H20N4O2/c1-21-13-19-20-18(21)16-8-5-11-22(16)12-15-9-10-17(24-15)23-14-6-3-2-4-7-14/h2-4,6-7,9-10,13,16H,5,8,11-12H2,1H3/t16-/m1/s1. The van der Waals surface area contributed by atoms with Gasteiger partial charge < -0.3 is 13.7 Å². The van der Waals surface area contributed by atoms with Crippen LogP contribution in [-0.4, -0.2) is 26.2 Å². The van der Waals surface area contributed by atoms with E-state index in [4.69, 9.17) is 9.15 Å². The van der Waals surface area contributed by atoms with Crippen LogP contribution in [0.25, 0.3) is 0 Å². The largest absolute Gasteiger partial charge is 0.429 e. The average molecular weight is 324 g/mol. The normalized spacial score (nSPS) is 18.1. The van der Waals surface area contributed by atoms with E-state index in [1.54, 1.807) is 6.33 Å². The lowest BCUT2D eigenvalue weighted by Gasteiger charge is -2.22. The molecule has 0 saturated carbocycles. The van der Waals surface area contributed by atoms with E-state index in [1.165, 1.54) is 0 Å². The molecule has 0 unspecified atom stereocenters. The number of likely N-dealkylation sites (tertiary alicyclic amines) is 1. The Morgan fingerprint density at radius 3 is 2.88 bits per heavy atom. The first kappa shape index (κ1) is 15.0. The molecule has 6 nitrogen and oxygen atoms in total. The average Bonchev–Trinajstić information content (AvgIpc) is 3.31. The van der Waals surface area contributed by atoms with Crippen molar-refractivity contribution in [3.63, 3.8) is 0 Å². The van der Waals surface area contributed by atoms with Crippen LogP contribution in [0.2, 0.25) is 0 Å². The molecule has 0 spiro atoms. The fraction of sp³-hybridized carbons (Fsp3) is 0.333. The Labute approximate surface area is 140 Å². The first-order valence-corrected chi connectivity index (χ1v) is 8.19. The van der Waals surface area contributed by atoms with Gasteiger partial charge >= 0.3 is 0 Å². The third kappa shape index (κ3) is 3.05. The number of hydrogen-bond acceptors (Lipinski definition) is 5. The lowest BCUT2D eigenvalue weighted by molar-refractivity contribution is 0.210. The maximum atomic E-state index is 5.84. The minimum absolute atomic E-state index is 0.293. The van der Waals surface area contributed by atoms with Crippen LogP contribution in [0.15, 0.2) is 53.2 Å². The van der Waals surface area contributed by atoms with Gasteiger partial charge in [-0.15, -0.1) is 10.2 Å². The Kier molecular flexibility index (Phi) is 4.04. The van der Waals surface area contributed by atoms with Crippen molar-refractivity contribution in [2.75, 3.05) is 6.54 Å².